The van der Waals surface area contributed by atoms with Gasteiger partial charge in [0.2, 0.25) is 5.91 Å². The van der Waals surface area contributed by atoms with Crippen molar-refractivity contribution in [3.63, 3.8) is 0 Å². The van der Waals surface area contributed by atoms with Gasteiger partial charge in [0.25, 0.3) is 0 Å². The van der Waals surface area contributed by atoms with Crippen molar-refractivity contribution in [1.29, 1.82) is 0 Å². The lowest BCUT2D eigenvalue weighted by molar-refractivity contribution is -0.132. The van der Waals surface area contributed by atoms with Crippen LogP contribution in [0.5, 0.6) is 5.75 Å². The number of hydrogen-bond acceptors (Lipinski definition) is 3. The Morgan fingerprint density at radius 1 is 0.958 bits per heavy atom. The van der Waals surface area contributed by atoms with Gasteiger partial charge in [0, 0.05) is 26.2 Å². The first-order valence-electron chi connectivity index (χ1n) is 8.19. The van der Waals surface area contributed by atoms with Crippen LogP contribution in [0.15, 0.2) is 54.6 Å². The molecule has 2 aromatic rings. The molecule has 0 saturated carbocycles. The highest BCUT2D eigenvalue weighted by Gasteiger charge is 2.22. The van der Waals surface area contributed by atoms with E-state index in [4.69, 9.17) is 16.3 Å². The highest BCUT2D eigenvalue weighted by Crippen LogP contribution is 2.26. The van der Waals surface area contributed by atoms with Crippen molar-refractivity contribution in [3.05, 3.63) is 59.6 Å². The normalized spacial score (nSPS) is 14.5. The fourth-order valence-corrected chi connectivity index (χ4v) is 3.09. The van der Waals surface area contributed by atoms with Crippen LogP contribution in [-0.4, -0.2) is 43.6 Å². The molecule has 0 spiro atoms. The smallest absolute Gasteiger partial charge is 0.226 e. The number of rotatable bonds is 5. The van der Waals surface area contributed by atoms with Gasteiger partial charge in [-0.3, -0.25) is 4.79 Å². The fraction of sp³-hybridized carbons (Fsp3) is 0.316. The third-order valence-corrected chi connectivity index (χ3v) is 4.47. The molecule has 4 nitrogen and oxygen atoms in total. The number of carbonyl (C=O) groups excluding carboxylic acids is 1. The molecule has 1 aliphatic heterocycles. The Morgan fingerprint density at radius 2 is 1.62 bits per heavy atom. The molecule has 0 aliphatic carbocycles. The zero-order valence-electron chi connectivity index (χ0n) is 13.5. The molecule has 1 fully saturated rings. The summed E-state index contributed by atoms with van der Waals surface area (Å²) < 4.78 is 5.60. The van der Waals surface area contributed by atoms with Crippen LogP contribution in [0.4, 0.5) is 5.69 Å². The third kappa shape index (κ3) is 4.20. The van der Waals surface area contributed by atoms with Gasteiger partial charge >= 0.3 is 0 Å². The van der Waals surface area contributed by atoms with Crippen molar-refractivity contribution in [1.82, 2.24) is 4.90 Å². The first kappa shape index (κ1) is 16.7. The SMILES string of the molecule is O=C(CCOc1ccccc1)N1CCN(c2ccccc2Cl)CC1. The van der Waals surface area contributed by atoms with E-state index in [-0.39, 0.29) is 5.91 Å². The molecule has 0 bridgehead atoms. The van der Waals surface area contributed by atoms with Crippen LogP contribution >= 0.6 is 11.6 Å². The van der Waals surface area contributed by atoms with Gasteiger partial charge in [0.1, 0.15) is 5.75 Å². The van der Waals surface area contributed by atoms with Crippen molar-refractivity contribution in [3.8, 4) is 5.75 Å². The lowest BCUT2D eigenvalue weighted by Crippen LogP contribution is -2.49. The number of piperazine rings is 1. The Hall–Kier alpha value is -2.20. The van der Waals surface area contributed by atoms with Crippen LogP contribution < -0.4 is 9.64 Å². The van der Waals surface area contributed by atoms with Crippen molar-refractivity contribution >= 4 is 23.2 Å². The van der Waals surface area contributed by atoms with Crippen molar-refractivity contribution in [2.75, 3.05) is 37.7 Å². The first-order valence-corrected chi connectivity index (χ1v) is 8.57. The summed E-state index contributed by atoms with van der Waals surface area (Å²) in [5, 5.41) is 0.758. The summed E-state index contributed by atoms with van der Waals surface area (Å²) in [4.78, 5) is 16.4. The Labute approximate surface area is 147 Å². The van der Waals surface area contributed by atoms with E-state index < -0.39 is 0 Å². The number of hydrogen-bond donors (Lipinski definition) is 0. The summed E-state index contributed by atoms with van der Waals surface area (Å²) in [5.41, 5.74) is 1.04. The number of halogens is 1. The van der Waals surface area contributed by atoms with Crippen LogP contribution in [0, 0.1) is 0 Å². The molecular formula is C19H21ClN2O2. The molecule has 0 aromatic heterocycles. The van der Waals surface area contributed by atoms with E-state index in [0.29, 0.717) is 13.0 Å². The molecule has 1 saturated heterocycles. The Morgan fingerprint density at radius 3 is 2.33 bits per heavy atom. The summed E-state index contributed by atoms with van der Waals surface area (Å²) in [6.07, 6.45) is 0.404. The second kappa shape index (κ2) is 8.06. The van der Waals surface area contributed by atoms with Gasteiger partial charge in [-0.1, -0.05) is 41.9 Å². The molecule has 3 rings (SSSR count). The number of para-hydroxylation sites is 2. The number of ether oxygens (including phenoxy) is 1. The maximum Gasteiger partial charge on any atom is 0.226 e. The van der Waals surface area contributed by atoms with Gasteiger partial charge in [0.05, 0.1) is 23.7 Å². The number of nitrogens with zero attached hydrogens (tertiary/aromatic N) is 2. The maximum atomic E-state index is 12.3. The summed E-state index contributed by atoms with van der Waals surface area (Å²) in [6.45, 7) is 3.45. The summed E-state index contributed by atoms with van der Waals surface area (Å²) in [5.74, 6) is 0.943. The lowest BCUT2D eigenvalue weighted by atomic mass is 10.2. The van der Waals surface area contributed by atoms with E-state index in [1.165, 1.54) is 0 Å². The second-order valence-electron chi connectivity index (χ2n) is 5.73. The Bertz CT molecular complexity index is 670. The van der Waals surface area contributed by atoms with E-state index in [1.54, 1.807) is 0 Å². The predicted octanol–water partition coefficient (Wildman–Crippen LogP) is 3.46. The largest absolute Gasteiger partial charge is 0.493 e. The zero-order valence-corrected chi connectivity index (χ0v) is 14.3. The maximum absolute atomic E-state index is 12.3. The monoisotopic (exact) mass is 344 g/mol. The average molecular weight is 345 g/mol. The quantitative estimate of drug-likeness (QED) is 0.832. The first-order chi connectivity index (χ1) is 11.7. The van der Waals surface area contributed by atoms with Crippen LogP contribution in [0.2, 0.25) is 5.02 Å². The van der Waals surface area contributed by atoms with Crippen LogP contribution in [0.25, 0.3) is 0 Å². The molecule has 0 radical (unpaired) electrons. The highest BCUT2D eigenvalue weighted by atomic mass is 35.5. The molecule has 24 heavy (non-hydrogen) atoms. The van der Waals surface area contributed by atoms with E-state index >= 15 is 0 Å². The highest BCUT2D eigenvalue weighted by molar-refractivity contribution is 6.33. The summed E-state index contributed by atoms with van der Waals surface area (Å²) in [6, 6.07) is 17.4. The number of benzene rings is 2. The number of carbonyl (C=O) groups is 1. The topological polar surface area (TPSA) is 32.8 Å². The zero-order chi connectivity index (χ0) is 16.8. The Kier molecular flexibility index (Phi) is 5.59. The minimum absolute atomic E-state index is 0.143. The summed E-state index contributed by atoms with van der Waals surface area (Å²) >= 11 is 6.24. The van der Waals surface area contributed by atoms with Gasteiger partial charge in [-0.25, -0.2) is 0 Å². The number of anilines is 1. The molecule has 1 heterocycles. The molecule has 0 N–H and O–H groups in total. The van der Waals surface area contributed by atoms with Crippen molar-refractivity contribution < 1.29 is 9.53 Å². The van der Waals surface area contributed by atoms with E-state index in [9.17, 15) is 4.79 Å². The minimum Gasteiger partial charge on any atom is -0.493 e. The van der Waals surface area contributed by atoms with Gasteiger partial charge in [-0.05, 0) is 24.3 Å². The minimum atomic E-state index is 0.143. The fourth-order valence-electron chi connectivity index (χ4n) is 2.84. The second-order valence-corrected chi connectivity index (χ2v) is 6.14. The molecule has 126 valence electrons. The molecule has 0 atom stereocenters. The van der Waals surface area contributed by atoms with Crippen LogP contribution in [0.1, 0.15) is 6.42 Å². The number of amides is 1. The van der Waals surface area contributed by atoms with Gasteiger partial charge < -0.3 is 14.5 Å². The molecule has 5 heteroatoms. The van der Waals surface area contributed by atoms with Gasteiger partial charge in [0.15, 0.2) is 0 Å². The van der Waals surface area contributed by atoms with E-state index in [0.717, 1.165) is 42.6 Å². The lowest BCUT2D eigenvalue weighted by Gasteiger charge is -2.36. The average Bonchev–Trinajstić information content (AvgIpc) is 2.63. The molecule has 0 unspecified atom stereocenters. The van der Waals surface area contributed by atoms with Crippen LogP contribution in [0.3, 0.4) is 0 Å². The Balaban J connectivity index is 1.44. The predicted molar refractivity (Wildman–Crippen MR) is 96.8 cm³/mol. The molecule has 1 amide bonds. The summed E-state index contributed by atoms with van der Waals surface area (Å²) in [7, 11) is 0. The van der Waals surface area contributed by atoms with Gasteiger partial charge in [-0.2, -0.15) is 0 Å². The van der Waals surface area contributed by atoms with Gasteiger partial charge in [-0.15, -0.1) is 0 Å². The standard InChI is InChI=1S/C19H21ClN2O2/c20-17-8-4-5-9-18(17)21-11-13-22(14-12-21)19(23)10-15-24-16-6-2-1-3-7-16/h1-9H,10-15H2. The van der Waals surface area contributed by atoms with Crippen LogP contribution in [-0.2, 0) is 4.79 Å². The van der Waals surface area contributed by atoms with E-state index in [1.807, 2.05) is 59.5 Å². The van der Waals surface area contributed by atoms with Crippen molar-refractivity contribution in [2.24, 2.45) is 0 Å². The third-order valence-electron chi connectivity index (χ3n) is 4.15. The molecule has 1 aliphatic rings. The van der Waals surface area contributed by atoms with E-state index in [2.05, 4.69) is 4.90 Å². The van der Waals surface area contributed by atoms with Crippen molar-refractivity contribution in [2.45, 2.75) is 6.42 Å². The molecular weight excluding hydrogens is 324 g/mol. The molecule has 2 aromatic carbocycles.